The first-order chi connectivity index (χ1) is 60.7. The van der Waals surface area contributed by atoms with Crippen molar-refractivity contribution in [2.24, 2.45) is 40.9 Å². The van der Waals surface area contributed by atoms with E-state index in [1.165, 1.54) is 53.4 Å². The van der Waals surface area contributed by atoms with E-state index in [1.54, 1.807) is 79.8 Å². The topological polar surface area (TPSA) is 688 Å². The molecule has 49 nitrogen and oxygen atoms in total. The van der Waals surface area contributed by atoms with Gasteiger partial charge in [0.15, 0.2) is 11.5 Å². The number of hydrogen-bond donors (Lipinski definition) is 16. The van der Waals surface area contributed by atoms with E-state index in [9.17, 15) is 41.4 Å². The summed E-state index contributed by atoms with van der Waals surface area (Å²) < 4.78 is 107. The number of phenols is 2. The average molecular weight is 1940 g/mol. The molecular weight excluding hydrogens is 1900 g/mol. The van der Waals surface area contributed by atoms with Gasteiger partial charge in [-0.05, 0) is 148 Å². The van der Waals surface area contributed by atoms with Gasteiger partial charge in [-0.1, -0.05) is 89.9 Å². The summed E-state index contributed by atoms with van der Waals surface area (Å²) in [6, 6.07) is 35.2. The highest BCUT2D eigenvalue weighted by Gasteiger charge is 2.30. The third kappa shape index (κ3) is 21.7. The number of nitrogen functional groups attached to an aromatic ring is 2. The van der Waals surface area contributed by atoms with Crippen LogP contribution in [0.1, 0.15) is 5.56 Å². The number of hydrogen-bond acceptors (Lipinski definition) is 54. The smallest absolute Gasteiger partial charge is 0.296 e. The molecule has 0 aliphatic heterocycles. The second kappa shape index (κ2) is 42.3. The zero-order chi connectivity index (χ0) is 89.5. The van der Waals surface area contributed by atoms with E-state index in [0.717, 1.165) is 29.1 Å². The van der Waals surface area contributed by atoms with Gasteiger partial charge >= 0.3 is 0 Å². The molecule has 0 fully saturated rings. The number of aryl methyl sites for hydroxylation is 1. The number of halogens is 2. The molecular formula is C66H48Cl2N20O29S9. The predicted molar refractivity (Wildman–Crippen MR) is 451 cm³/mol. The summed E-state index contributed by atoms with van der Waals surface area (Å²) in [5.41, 5.74) is 11.6. The molecule has 0 aliphatic rings. The van der Waals surface area contributed by atoms with Gasteiger partial charge in [-0.3, -0.25) is 9.11 Å². The van der Waals surface area contributed by atoms with E-state index in [0.29, 0.717) is 104 Å². The normalized spacial score (nSPS) is 12.2. The van der Waals surface area contributed by atoms with Gasteiger partial charge in [0.05, 0.1) is 147 Å². The van der Waals surface area contributed by atoms with Crippen LogP contribution in [0.3, 0.4) is 0 Å². The summed E-state index contributed by atoms with van der Waals surface area (Å²) in [7, 11) is -9.11. The van der Waals surface area contributed by atoms with Crippen LogP contribution in [0.15, 0.2) is 231 Å². The number of aromatic hydroxyl groups is 2. The first-order valence-corrected chi connectivity index (χ1v) is 42.3. The lowest BCUT2D eigenvalue weighted by Gasteiger charge is -2.21. The van der Waals surface area contributed by atoms with Crippen LogP contribution >= 0.6 is 108 Å². The molecule has 18 N–H and O–H groups in total. The van der Waals surface area contributed by atoms with Gasteiger partial charge in [0.1, 0.15) is 55.3 Å². The van der Waals surface area contributed by atoms with E-state index < -0.39 is 64.3 Å². The Morgan fingerprint density at radius 1 is 0.397 bits per heavy atom. The van der Waals surface area contributed by atoms with Gasteiger partial charge < -0.3 is 42.5 Å². The Hall–Kier alpha value is -10.7. The van der Waals surface area contributed by atoms with Crippen LogP contribution in [-0.2, 0) is 85.8 Å². The van der Waals surface area contributed by atoms with Gasteiger partial charge in [0.25, 0.3) is 20.2 Å². The molecule has 654 valence electrons. The molecule has 0 unspecified atom stereocenters. The number of nitrogens with two attached hydrogens (primary N) is 2. The van der Waals surface area contributed by atoms with Crippen molar-refractivity contribution in [3.05, 3.63) is 162 Å². The molecule has 60 heteroatoms. The summed E-state index contributed by atoms with van der Waals surface area (Å²) in [5.74, 6) is -2.69. The molecule has 0 bridgehead atoms. The highest BCUT2D eigenvalue weighted by molar-refractivity contribution is 7.96. The van der Waals surface area contributed by atoms with E-state index in [2.05, 4.69) is 131 Å². The zero-order valence-corrected chi connectivity index (χ0v) is 70.8. The second-order valence-electron chi connectivity index (χ2n) is 24.1. The molecule has 13 rings (SSSR count). The summed E-state index contributed by atoms with van der Waals surface area (Å²) in [4.78, 5) is 26.1. The van der Waals surface area contributed by atoms with Gasteiger partial charge in [-0.2, -0.15) is 46.7 Å². The molecule has 0 saturated heterocycles. The Labute approximate surface area is 741 Å². The molecule has 0 spiro atoms. The number of nitrogens with one attached hydrogen (secondary N) is 3. The molecule has 0 radical (unpaired) electrons. The molecule has 2 aromatic heterocycles. The molecule has 13 aromatic rings. The van der Waals surface area contributed by atoms with Crippen molar-refractivity contribution in [2.45, 2.75) is 51.0 Å². The van der Waals surface area contributed by atoms with Crippen LogP contribution in [-0.4, -0.2) is 110 Å². The highest BCUT2D eigenvalue weighted by Crippen LogP contribution is 2.54. The summed E-state index contributed by atoms with van der Waals surface area (Å²) in [6.45, 7) is 1.86. The summed E-state index contributed by atoms with van der Waals surface area (Å²) >= 11 is 16.2. The van der Waals surface area contributed by atoms with E-state index in [-0.39, 0.29) is 144 Å². The number of nitrogens with zero attached hydrogens (tertiary/aromatic N) is 15. The second-order valence-corrected chi connectivity index (χ2v) is 32.7. The third-order valence-corrected chi connectivity index (χ3v) is 23.6. The SMILES string of the molecule is Cc1cccc2c(SOOO)c(N=Nc3c(SOOO)cc4cc(S(=O)(=O)O)c(N=Nc5cc(Nc6nc(Cl)nc(Nc7ccccc7N(C)c7nc(Cl)nc(Nc8ccc(SOOO)c(N=Nc9c(S(=O)(=O)O)cc%10cc(SOOO)c(N=Nc%11ccc%12c(SOOO)cccc%12c%11SOOO)c(N)c%10c9O)c8)n7)n6)ccc5SOOO)c(O)c4c3N)ccc12. The Kier molecular flexibility index (Phi) is 31.2. The maximum absolute atomic E-state index is 13.2. The number of fused-ring (bicyclic) bond motifs is 4. The van der Waals surface area contributed by atoms with Crippen molar-refractivity contribution in [3.8, 4) is 11.5 Å². The predicted octanol–water partition coefficient (Wildman–Crippen LogP) is 21.0. The number of para-hydroxylation sites is 2. The number of benzene rings is 11. The summed E-state index contributed by atoms with van der Waals surface area (Å²) in [6.07, 6.45) is 0. The zero-order valence-electron chi connectivity index (χ0n) is 61.9. The maximum atomic E-state index is 13.2. The standard InChI is InChI=1S/C66H48Cl2N20O29S9/c1-27-7-5-8-34-32(27)15-17-37(59(34)123-116-109-96)80-84-53-45(121-114-107-94)21-28-23-47(125(98,99)100)55(57(89)49(28)51(53)69)86-82-39-25-30(13-19-43(39)119-112-105-92)71-63-74-61(67)75-65(78-63)73-36-10-3-4-11-41(36)88(2)66-77-62(68)76-64(79-66)72-31-14-20-44(120-113-106-93)40(26-31)83-87-56-48(126(101,102)103)24-29-22-46(122-115-108-95)54(52(70)50(29)58(56)90)85-81-38-18-16-33-35(60(38)124-117-110-97)9-6-12-42(33)118-111-104-91/h3-26,89-97H,69-70H2,1-2H3,(H,98,99,100)(H,101,102,103)(H,72,76,77,79)(H2,71,73,74,75,78). The molecule has 0 atom stereocenters. The molecule has 126 heavy (non-hydrogen) atoms. The average Bonchev–Trinajstić information content (AvgIpc) is 0.748. The fourth-order valence-electron chi connectivity index (χ4n) is 11.7. The van der Waals surface area contributed by atoms with Crippen molar-refractivity contribution in [3.63, 3.8) is 0 Å². The Morgan fingerprint density at radius 2 is 0.802 bits per heavy atom. The Morgan fingerprint density at radius 3 is 1.29 bits per heavy atom. The third-order valence-electron chi connectivity index (χ3n) is 16.9. The van der Waals surface area contributed by atoms with E-state index >= 15 is 0 Å². The minimum atomic E-state index is -5.35. The van der Waals surface area contributed by atoms with Crippen LogP contribution in [0.25, 0.3) is 43.1 Å². The lowest BCUT2D eigenvalue weighted by atomic mass is 10.0. The van der Waals surface area contributed by atoms with Gasteiger partial charge in [0, 0.05) is 34.1 Å². The van der Waals surface area contributed by atoms with Crippen LogP contribution in [0.4, 0.5) is 103 Å². The molecule has 0 aliphatic carbocycles. The van der Waals surface area contributed by atoms with Crippen LogP contribution in [0.5, 0.6) is 11.5 Å². The highest BCUT2D eigenvalue weighted by atomic mass is 35.5. The van der Waals surface area contributed by atoms with Crippen LogP contribution < -0.4 is 32.3 Å². The lowest BCUT2D eigenvalue weighted by Crippen LogP contribution is -2.16. The van der Waals surface area contributed by atoms with Crippen molar-refractivity contribution in [1.82, 2.24) is 29.9 Å². The lowest BCUT2D eigenvalue weighted by molar-refractivity contribution is -0.432. The Bertz CT molecular complexity index is 6710. The molecule has 0 amide bonds. The fourth-order valence-corrected chi connectivity index (χ4v) is 16.8. The Balaban J connectivity index is 0.771. The van der Waals surface area contributed by atoms with Crippen LogP contribution in [0, 0.1) is 6.92 Å². The number of rotatable bonds is 39. The minimum Gasteiger partial charge on any atom is -0.505 e. The van der Waals surface area contributed by atoms with Crippen LogP contribution in [0.2, 0.25) is 10.6 Å². The van der Waals surface area contributed by atoms with Gasteiger partial charge in [0.2, 0.25) is 34.4 Å². The van der Waals surface area contributed by atoms with Crippen molar-refractivity contribution in [2.75, 3.05) is 39.4 Å². The van der Waals surface area contributed by atoms with E-state index in [4.69, 9.17) is 87.9 Å². The largest absolute Gasteiger partial charge is 0.505 e. The van der Waals surface area contributed by atoms with Crippen molar-refractivity contribution < 1.29 is 139 Å². The fraction of sp³-hybridized carbons (Fsp3) is 0.0303. The molecule has 11 aromatic carbocycles. The molecule has 0 saturated carbocycles. The minimum absolute atomic E-state index is 0.00470. The van der Waals surface area contributed by atoms with Crippen molar-refractivity contribution in [1.29, 1.82) is 0 Å². The number of phenolic OH excluding ortho intramolecular Hbond substituents is 2. The van der Waals surface area contributed by atoms with Gasteiger partial charge in [-0.25, -0.2) is 36.8 Å². The summed E-state index contributed by atoms with van der Waals surface area (Å²) in [5, 5.41) is 158. The number of azo groups is 4. The quantitative estimate of drug-likeness (QED) is 0.00425. The number of anilines is 10. The first kappa shape index (κ1) is 92.9. The number of aromatic nitrogens is 6. The maximum Gasteiger partial charge on any atom is 0.296 e. The van der Waals surface area contributed by atoms with Crippen molar-refractivity contribution >= 4 is 274 Å². The van der Waals surface area contributed by atoms with Gasteiger partial charge in [-0.15, -0.1) is 71.3 Å². The first-order valence-electron chi connectivity index (χ1n) is 33.5. The molecule has 2 heterocycles. The monoisotopic (exact) mass is 1940 g/mol. The van der Waals surface area contributed by atoms with E-state index in [1.807, 2.05) is 13.0 Å².